The molecule has 4 nitrogen and oxygen atoms in total. The number of nitrogens with one attached hydrogen (secondary N) is 1. The Morgan fingerprint density at radius 2 is 1.74 bits per heavy atom. The topological polar surface area (TPSA) is 66.4 Å². The Balaban J connectivity index is 2.09. The molecule has 0 spiro atoms. The molecule has 120 valence electrons. The molecule has 0 aliphatic carbocycles. The summed E-state index contributed by atoms with van der Waals surface area (Å²) in [6.45, 7) is 0. The molecule has 0 radical (unpaired) electrons. The molecule has 6 heteroatoms. The average molecular weight is 319 g/mol. The maximum atomic E-state index is 13.1. The number of halogens is 2. The molecule has 0 saturated carbocycles. The molecule has 0 unspecified atom stereocenters. The van der Waals surface area contributed by atoms with Crippen molar-refractivity contribution in [3.63, 3.8) is 0 Å². The van der Waals surface area contributed by atoms with Gasteiger partial charge in [-0.15, -0.1) is 0 Å². The van der Waals surface area contributed by atoms with Crippen molar-refractivity contribution in [2.45, 2.75) is 18.9 Å². The quantitative estimate of drug-likeness (QED) is 0.860. The lowest BCUT2D eigenvalue weighted by Gasteiger charge is -2.17. The van der Waals surface area contributed by atoms with Crippen LogP contribution in [0.25, 0.3) is 0 Å². The van der Waals surface area contributed by atoms with Crippen LogP contribution >= 0.6 is 0 Å². The molecule has 2 rings (SSSR count). The second kappa shape index (κ2) is 7.49. The zero-order valence-electron chi connectivity index (χ0n) is 12.1. The lowest BCUT2D eigenvalue weighted by molar-refractivity contribution is -0.137. The van der Waals surface area contributed by atoms with Gasteiger partial charge in [-0.25, -0.2) is 8.78 Å². The summed E-state index contributed by atoms with van der Waals surface area (Å²) in [5, 5.41) is 11.6. The molecule has 2 aromatic rings. The smallest absolute Gasteiger partial charge is 0.305 e. The van der Waals surface area contributed by atoms with Crippen molar-refractivity contribution in [2.24, 2.45) is 0 Å². The van der Waals surface area contributed by atoms with Crippen molar-refractivity contribution in [1.29, 1.82) is 0 Å². The number of carbonyl (C=O) groups excluding carboxylic acids is 1. The van der Waals surface area contributed by atoms with Crippen molar-refractivity contribution in [1.82, 2.24) is 5.32 Å². The van der Waals surface area contributed by atoms with Crippen molar-refractivity contribution in [3.8, 4) is 0 Å². The SMILES string of the molecule is O=C(O)C[C@H](NC(=O)Cc1cccc(F)c1)c1ccc(F)cc1. The zero-order valence-corrected chi connectivity index (χ0v) is 12.1. The number of benzene rings is 2. The number of carbonyl (C=O) groups is 2. The van der Waals surface area contributed by atoms with Crippen molar-refractivity contribution in [3.05, 3.63) is 71.3 Å². The highest BCUT2D eigenvalue weighted by molar-refractivity contribution is 5.80. The summed E-state index contributed by atoms with van der Waals surface area (Å²) < 4.78 is 26.1. The fraction of sp³-hybridized carbons (Fsp3) is 0.176. The van der Waals surface area contributed by atoms with Gasteiger partial charge in [0.2, 0.25) is 5.91 Å². The molecule has 23 heavy (non-hydrogen) atoms. The third kappa shape index (κ3) is 5.18. The van der Waals surface area contributed by atoms with E-state index in [9.17, 15) is 18.4 Å². The van der Waals surface area contributed by atoms with Gasteiger partial charge in [0.15, 0.2) is 0 Å². The number of hydrogen-bond donors (Lipinski definition) is 2. The van der Waals surface area contributed by atoms with E-state index < -0.39 is 29.6 Å². The molecule has 2 aromatic carbocycles. The highest BCUT2D eigenvalue weighted by atomic mass is 19.1. The molecule has 0 heterocycles. The predicted molar refractivity (Wildman–Crippen MR) is 79.6 cm³/mol. The van der Waals surface area contributed by atoms with Gasteiger partial charge in [0.1, 0.15) is 11.6 Å². The van der Waals surface area contributed by atoms with E-state index in [1.807, 2.05) is 0 Å². The molecular weight excluding hydrogens is 304 g/mol. The fourth-order valence-corrected chi connectivity index (χ4v) is 2.20. The van der Waals surface area contributed by atoms with Gasteiger partial charge in [-0.1, -0.05) is 24.3 Å². The van der Waals surface area contributed by atoms with E-state index in [1.165, 1.54) is 42.5 Å². The van der Waals surface area contributed by atoms with Gasteiger partial charge in [-0.2, -0.15) is 0 Å². The van der Waals surface area contributed by atoms with Gasteiger partial charge in [0.05, 0.1) is 18.9 Å². The minimum atomic E-state index is -1.09. The Kier molecular flexibility index (Phi) is 5.41. The lowest BCUT2D eigenvalue weighted by Crippen LogP contribution is -2.31. The summed E-state index contributed by atoms with van der Waals surface area (Å²) in [4.78, 5) is 23.0. The molecule has 0 fully saturated rings. The van der Waals surface area contributed by atoms with E-state index in [0.717, 1.165) is 0 Å². The number of rotatable bonds is 6. The van der Waals surface area contributed by atoms with E-state index in [2.05, 4.69) is 5.32 Å². The number of amides is 1. The van der Waals surface area contributed by atoms with E-state index in [-0.39, 0.29) is 12.8 Å². The van der Waals surface area contributed by atoms with Gasteiger partial charge in [-0.3, -0.25) is 9.59 Å². The molecule has 2 N–H and O–H groups in total. The predicted octanol–water partition coefficient (Wildman–Crippen LogP) is 2.84. The van der Waals surface area contributed by atoms with E-state index in [1.54, 1.807) is 6.07 Å². The Morgan fingerprint density at radius 3 is 2.35 bits per heavy atom. The summed E-state index contributed by atoms with van der Waals surface area (Å²) in [7, 11) is 0. The van der Waals surface area contributed by atoms with Gasteiger partial charge in [-0.05, 0) is 35.4 Å². The summed E-state index contributed by atoms with van der Waals surface area (Å²) >= 11 is 0. The maximum Gasteiger partial charge on any atom is 0.305 e. The van der Waals surface area contributed by atoms with Crippen LogP contribution in [0, 0.1) is 11.6 Å². The Bertz CT molecular complexity index is 701. The molecule has 0 aliphatic rings. The van der Waals surface area contributed by atoms with Gasteiger partial charge in [0, 0.05) is 0 Å². The van der Waals surface area contributed by atoms with Gasteiger partial charge < -0.3 is 10.4 Å². The van der Waals surface area contributed by atoms with Crippen LogP contribution in [-0.4, -0.2) is 17.0 Å². The molecule has 1 amide bonds. The monoisotopic (exact) mass is 319 g/mol. The highest BCUT2D eigenvalue weighted by Gasteiger charge is 2.18. The fourth-order valence-electron chi connectivity index (χ4n) is 2.20. The highest BCUT2D eigenvalue weighted by Crippen LogP contribution is 2.18. The number of aliphatic carboxylic acids is 1. The normalized spacial score (nSPS) is 11.7. The van der Waals surface area contributed by atoms with Crippen LogP contribution in [0.15, 0.2) is 48.5 Å². The Hall–Kier alpha value is -2.76. The Labute approximate surface area is 131 Å². The third-order valence-electron chi connectivity index (χ3n) is 3.24. The number of hydrogen-bond acceptors (Lipinski definition) is 2. The van der Waals surface area contributed by atoms with Crippen LogP contribution < -0.4 is 5.32 Å². The minimum Gasteiger partial charge on any atom is -0.481 e. The summed E-state index contributed by atoms with van der Waals surface area (Å²) in [6.07, 6.45) is -0.407. The van der Waals surface area contributed by atoms with Crippen LogP contribution in [0.5, 0.6) is 0 Å². The molecule has 1 atom stereocenters. The molecular formula is C17H15F2NO3. The minimum absolute atomic E-state index is 0.0743. The zero-order chi connectivity index (χ0) is 16.8. The number of carboxylic acids is 1. The molecule has 0 saturated heterocycles. The first-order chi connectivity index (χ1) is 10.9. The first-order valence-electron chi connectivity index (χ1n) is 6.95. The Morgan fingerprint density at radius 1 is 1.04 bits per heavy atom. The molecule has 0 bridgehead atoms. The van der Waals surface area contributed by atoms with Crippen molar-refractivity contribution < 1.29 is 23.5 Å². The van der Waals surface area contributed by atoms with E-state index in [0.29, 0.717) is 11.1 Å². The van der Waals surface area contributed by atoms with Gasteiger partial charge >= 0.3 is 5.97 Å². The second-order valence-electron chi connectivity index (χ2n) is 5.08. The first-order valence-corrected chi connectivity index (χ1v) is 6.95. The van der Waals surface area contributed by atoms with Crippen LogP contribution in [0.2, 0.25) is 0 Å². The standard InChI is InChI=1S/C17H15F2NO3/c18-13-6-4-12(5-7-13)15(10-17(22)23)20-16(21)9-11-2-1-3-14(19)8-11/h1-8,15H,9-10H2,(H,20,21)(H,22,23)/t15-/m0/s1. The van der Waals surface area contributed by atoms with Crippen molar-refractivity contribution in [2.75, 3.05) is 0 Å². The van der Waals surface area contributed by atoms with Crippen LogP contribution in [0.1, 0.15) is 23.6 Å². The number of carboxylic acid groups (broad SMARTS) is 1. The van der Waals surface area contributed by atoms with E-state index >= 15 is 0 Å². The van der Waals surface area contributed by atoms with Crippen LogP contribution in [0.3, 0.4) is 0 Å². The average Bonchev–Trinajstić information content (AvgIpc) is 2.46. The molecule has 0 aromatic heterocycles. The van der Waals surface area contributed by atoms with Gasteiger partial charge in [0.25, 0.3) is 0 Å². The summed E-state index contributed by atoms with van der Waals surface area (Å²) in [6, 6.07) is 10.1. The maximum absolute atomic E-state index is 13.1. The van der Waals surface area contributed by atoms with E-state index in [4.69, 9.17) is 5.11 Å². The third-order valence-corrected chi connectivity index (χ3v) is 3.24. The van der Waals surface area contributed by atoms with Crippen LogP contribution in [0.4, 0.5) is 8.78 Å². The second-order valence-corrected chi connectivity index (χ2v) is 5.08. The molecule has 0 aliphatic heterocycles. The largest absolute Gasteiger partial charge is 0.481 e. The summed E-state index contributed by atoms with van der Waals surface area (Å²) in [5.41, 5.74) is 0.970. The summed E-state index contributed by atoms with van der Waals surface area (Å²) in [5.74, 6) is -2.43. The first kappa shape index (κ1) is 16.6. The lowest BCUT2D eigenvalue weighted by atomic mass is 10.0. The van der Waals surface area contributed by atoms with Crippen molar-refractivity contribution >= 4 is 11.9 Å². The van der Waals surface area contributed by atoms with Crippen LogP contribution in [-0.2, 0) is 16.0 Å².